The summed E-state index contributed by atoms with van der Waals surface area (Å²) in [6.07, 6.45) is 10.4. The molecule has 1 fully saturated rings. The standard InChI is InChI=1S/C53H60ClN3O6/c1-35(34-63-48-20-26-55-46-16-6-10-36(2)50(46)48)28-40-31-39-18-19-43(33-45(39)52(40)21-23-53(24-22-52,51(59)60)57-42-14-8-13-41(54)32-42)62-27-9-25-56-49(58)30-37-11-7-12-38(29-37)44-15-4-5-17-47(44)61-3/h4-5,7-8,11-15,17-20,26,29,32-33,35-36,40,57H,6,9-10,16,21-25,27-28,30-31,34H2,1-3H3,(H,56,58)(H,59,60)/t35-,36-,40+,52?,53?/m1/s1. The van der Waals surface area contributed by atoms with Crippen LogP contribution in [0.2, 0.25) is 5.02 Å². The monoisotopic (exact) mass is 869 g/mol. The molecule has 10 heteroatoms. The fourth-order valence-electron chi connectivity index (χ4n) is 10.6. The minimum Gasteiger partial charge on any atom is -0.496 e. The Morgan fingerprint density at radius 2 is 1.76 bits per heavy atom. The van der Waals surface area contributed by atoms with Crippen LogP contribution in [0.3, 0.4) is 0 Å². The minimum atomic E-state index is -1.11. The third kappa shape index (κ3) is 9.84. The molecule has 0 unspecified atom stereocenters. The van der Waals surface area contributed by atoms with E-state index in [4.69, 9.17) is 25.8 Å². The zero-order valence-electron chi connectivity index (χ0n) is 36.8. The van der Waals surface area contributed by atoms with Gasteiger partial charge in [0.1, 0.15) is 22.8 Å². The van der Waals surface area contributed by atoms with Crippen LogP contribution in [0.25, 0.3) is 11.1 Å². The Bertz CT molecular complexity index is 2410. The van der Waals surface area contributed by atoms with Gasteiger partial charge in [-0.2, -0.15) is 0 Å². The van der Waals surface area contributed by atoms with Crippen LogP contribution < -0.4 is 24.8 Å². The van der Waals surface area contributed by atoms with Crippen molar-refractivity contribution in [3.05, 3.63) is 136 Å². The van der Waals surface area contributed by atoms with Crippen LogP contribution in [0, 0.1) is 11.8 Å². The summed E-state index contributed by atoms with van der Waals surface area (Å²) < 4.78 is 18.5. The van der Waals surface area contributed by atoms with Crippen LogP contribution in [0.15, 0.2) is 103 Å². The van der Waals surface area contributed by atoms with Crippen LogP contribution in [-0.2, 0) is 34.3 Å². The Labute approximate surface area is 376 Å². The van der Waals surface area contributed by atoms with E-state index < -0.39 is 11.5 Å². The zero-order chi connectivity index (χ0) is 44.0. The van der Waals surface area contributed by atoms with Gasteiger partial charge in [0.05, 0.1) is 26.7 Å². The average Bonchev–Trinajstić information content (AvgIpc) is 3.57. The number of halogens is 1. The molecule has 3 atom stereocenters. The number of carbonyl (C=O) groups excluding carboxylic acids is 1. The first-order chi connectivity index (χ1) is 30.6. The van der Waals surface area contributed by atoms with E-state index in [2.05, 4.69) is 47.7 Å². The quantitative estimate of drug-likeness (QED) is 0.0791. The van der Waals surface area contributed by atoms with Gasteiger partial charge in [-0.3, -0.25) is 9.78 Å². The molecule has 1 spiro atoms. The number of rotatable bonds is 17. The molecule has 5 aromatic rings. The lowest BCUT2D eigenvalue weighted by molar-refractivity contribution is -0.144. The summed E-state index contributed by atoms with van der Waals surface area (Å²) in [7, 11) is 1.66. The second-order valence-electron chi connectivity index (χ2n) is 18.1. The second-order valence-corrected chi connectivity index (χ2v) is 18.6. The number of aryl methyl sites for hydroxylation is 1. The van der Waals surface area contributed by atoms with E-state index in [1.165, 1.54) is 22.4 Å². The Hall–Kier alpha value is -5.54. The number of anilines is 1. The van der Waals surface area contributed by atoms with E-state index in [0.717, 1.165) is 78.9 Å². The molecule has 1 heterocycles. The molecule has 1 saturated carbocycles. The molecular weight excluding hydrogens is 810 g/mol. The number of pyridine rings is 1. The summed E-state index contributed by atoms with van der Waals surface area (Å²) in [5.41, 5.74) is 7.36. The van der Waals surface area contributed by atoms with Gasteiger partial charge in [-0.25, -0.2) is 4.79 Å². The summed E-state index contributed by atoms with van der Waals surface area (Å²) in [5.74, 6) is 2.72. The number of methoxy groups -OCH3 is 1. The highest BCUT2D eigenvalue weighted by Gasteiger charge is 2.54. The number of para-hydroxylation sites is 1. The summed E-state index contributed by atoms with van der Waals surface area (Å²) in [6.45, 7) is 6.13. The number of amides is 1. The highest BCUT2D eigenvalue weighted by Crippen LogP contribution is 2.57. The average molecular weight is 871 g/mol. The van der Waals surface area contributed by atoms with Gasteiger partial charge in [-0.05, 0) is 152 Å². The van der Waals surface area contributed by atoms with Crippen molar-refractivity contribution in [3.8, 4) is 28.4 Å². The Kier molecular flexibility index (Phi) is 13.6. The molecule has 3 aliphatic carbocycles. The number of fused-ring (bicyclic) bond motifs is 3. The van der Waals surface area contributed by atoms with Crippen LogP contribution in [-0.4, -0.2) is 54.4 Å². The number of nitrogens with zero attached hydrogens (tertiary/aromatic N) is 1. The Morgan fingerprint density at radius 3 is 2.57 bits per heavy atom. The van der Waals surface area contributed by atoms with Crippen molar-refractivity contribution < 1.29 is 28.9 Å². The highest BCUT2D eigenvalue weighted by atomic mass is 35.5. The first-order valence-electron chi connectivity index (χ1n) is 22.7. The molecule has 0 bridgehead atoms. The van der Waals surface area contributed by atoms with Gasteiger partial charge in [0.2, 0.25) is 5.91 Å². The summed E-state index contributed by atoms with van der Waals surface area (Å²) in [5, 5.41) is 17.8. The third-order valence-electron chi connectivity index (χ3n) is 13.9. The van der Waals surface area contributed by atoms with E-state index in [0.29, 0.717) is 61.6 Å². The number of carboxylic acids is 1. The third-order valence-corrected chi connectivity index (χ3v) is 14.1. The smallest absolute Gasteiger partial charge is 0.329 e. The number of benzene rings is 4. The maximum absolute atomic E-state index is 13.1. The molecule has 330 valence electrons. The fourth-order valence-corrected chi connectivity index (χ4v) is 10.8. The van der Waals surface area contributed by atoms with Crippen molar-refractivity contribution in [2.45, 2.75) is 101 Å². The van der Waals surface area contributed by atoms with Crippen LogP contribution in [0.5, 0.6) is 17.2 Å². The first-order valence-corrected chi connectivity index (χ1v) is 23.1. The minimum absolute atomic E-state index is 0.0356. The van der Waals surface area contributed by atoms with Crippen molar-refractivity contribution in [1.29, 1.82) is 0 Å². The zero-order valence-corrected chi connectivity index (χ0v) is 37.5. The predicted molar refractivity (Wildman–Crippen MR) is 249 cm³/mol. The van der Waals surface area contributed by atoms with Crippen LogP contribution >= 0.6 is 11.6 Å². The molecule has 1 amide bonds. The molecule has 9 nitrogen and oxygen atoms in total. The van der Waals surface area contributed by atoms with Crippen molar-refractivity contribution >= 4 is 29.2 Å². The predicted octanol–water partition coefficient (Wildman–Crippen LogP) is 11.0. The number of hydrogen-bond acceptors (Lipinski definition) is 7. The Morgan fingerprint density at radius 1 is 0.937 bits per heavy atom. The molecule has 3 aliphatic rings. The van der Waals surface area contributed by atoms with E-state index in [-0.39, 0.29) is 23.7 Å². The molecule has 8 rings (SSSR count). The van der Waals surface area contributed by atoms with Crippen molar-refractivity contribution in [2.75, 3.05) is 32.2 Å². The van der Waals surface area contributed by atoms with Crippen molar-refractivity contribution in [3.63, 3.8) is 0 Å². The summed E-state index contributed by atoms with van der Waals surface area (Å²) >= 11 is 6.32. The number of aromatic nitrogens is 1. The van der Waals surface area contributed by atoms with Gasteiger partial charge in [0, 0.05) is 40.3 Å². The Balaban J connectivity index is 0.924. The molecule has 3 N–H and O–H groups in total. The van der Waals surface area contributed by atoms with Crippen molar-refractivity contribution in [1.82, 2.24) is 10.3 Å². The number of hydrogen-bond donors (Lipinski definition) is 3. The maximum Gasteiger partial charge on any atom is 0.329 e. The van der Waals surface area contributed by atoms with Gasteiger partial charge in [0.15, 0.2) is 0 Å². The van der Waals surface area contributed by atoms with E-state index in [1.807, 2.05) is 72.9 Å². The lowest BCUT2D eigenvalue weighted by Crippen LogP contribution is -2.53. The molecule has 63 heavy (non-hydrogen) atoms. The molecule has 4 aromatic carbocycles. The van der Waals surface area contributed by atoms with Gasteiger partial charge in [0.25, 0.3) is 0 Å². The maximum atomic E-state index is 13.1. The number of carbonyl (C=O) groups is 2. The van der Waals surface area contributed by atoms with Gasteiger partial charge >= 0.3 is 5.97 Å². The molecule has 0 aliphatic heterocycles. The SMILES string of the molecule is COc1ccccc1-c1cccc(CC(=O)NCCCOc2ccc3c(c2)C2(CCC(Nc4cccc(Cl)c4)(C(=O)O)CC2)[C@@H](C[C@@H](C)COc2ccnc4c2[C@H](C)CCC4)C3)c1. The topological polar surface area (TPSA) is 119 Å². The molecule has 0 radical (unpaired) electrons. The normalized spacial score (nSPS) is 21.8. The van der Waals surface area contributed by atoms with E-state index >= 15 is 0 Å². The van der Waals surface area contributed by atoms with Gasteiger partial charge in [-0.1, -0.05) is 80.0 Å². The molecule has 0 saturated heterocycles. The van der Waals surface area contributed by atoms with E-state index in [9.17, 15) is 14.7 Å². The summed E-state index contributed by atoms with van der Waals surface area (Å²) in [6, 6.07) is 31.7. The highest BCUT2D eigenvalue weighted by molar-refractivity contribution is 6.30. The van der Waals surface area contributed by atoms with Crippen molar-refractivity contribution in [2.24, 2.45) is 11.8 Å². The fraction of sp³-hybridized carbons (Fsp3) is 0.415. The second kappa shape index (κ2) is 19.5. The van der Waals surface area contributed by atoms with Crippen LogP contribution in [0.1, 0.15) is 99.1 Å². The molecule has 1 aromatic heterocycles. The van der Waals surface area contributed by atoms with Crippen LogP contribution in [0.4, 0.5) is 5.69 Å². The van der Waals surface area contributed by atoms with E-state index in [1.54, 1.807) is 19.2 Å². The number of aliphatic carboxylic acids is 1. The largest absolute Gasteiger partial charge is 0.496 e. The van der Waals surface area contributed by atoms with Gasteiger partial charge < -0.3 is 30.0 Å². The molecular formula is C53H60ClN3O6. The lowest BCUT2D eigenvalue weighted by Gasteiger charge is -2.47. The first kappa shape index (κ1) is 44.1. The lowest BCUT2D eigenvalue weighted by atomic mass is 9.59. The van der Waals surface area contributed by atoms with Gasteiger partial charge in [-0.15, -0.1) is 0 Å². The number of ether oxygens (including phenoxy) is 3. The number of nitrogens with one attached hydrogen (secondary N) is 2. The number of carboxylic acid groups (broad SMARTS) is 1. The summed E-state index contributed by atoms with van der Waals surface area (Å²) in [4.78, 5) is 30.8.